The van der Waals surface area contributed by atoms with Gasteiger partial charge in [-0.1, -0.05) is 30.3 Å². The van der Waals surface area contributed by atoms with Gasteiger partial charge in [0.05, 0.1) is 12.7 Å². The normalized spacial score (nSPS) is 22.8. The van der Waals surface area contributed by atoms with Crippen LogP contribution in [0.1, 0.15) is 18.2 Å². The van der Waals surface area contributed by atoms with Crippen molar-refractivity contribution >= 4 is 17.0 Å². The summed E-state index contributed by atoms with van der Waals surface area (Å²) >= 11 is 0. The number of nitrogen functional groups attached to an aromatic ring is 1. The number of nitrogens with two attached hydrogens (primary N) is 1. The van der Waals surface area contributed by atoms with Gasteiger partial charge in [-0.2, -0.15) is 4.98 Å². The van der Waals surface area contributed by atoms with E-state index in [-0.39, 0.29) is 24.9 Å². The maximum Gasteiger partial charge on any atom is 0.301 e. The van der Waals surface area contributed by atoms with Gasteiger partial charge in [-0.3, -0.25) is 4.57 Å². The van der Waals surface area contributed by atoms with E-state index in [0.717, 1.165) is 5.56 Å². The highest BCUT2D eigenvalue weighted by Gasteiger charge is 2.37. The predicted octanol–water partition coefficient (Wildman–Crippen LogP) is 0.628. The number of rotatable bonds is 5. The van der Waals surface area contributed by atoms with Crippen LogP contribution < -0.4 is 10.5 Å². The van der Waals surface area contributed by atoms with Crippen molar-refractivity contribution in [3.05, 3.63) is 42.2 Å². The van der Waals surface area contributed by atoms with Crippen LogP contribution in [0, 0.1) is 0 Å². The monoisotopic (exact) mass is 357 g/mol. The molecule has 0 bridgehead atoms. The van der Waals surface area contributed by atoms with Crippen LogP contribution in [0.5, 0.6) is 6.01 Å². The number of benzene rings is 1. The summed E-state index contributed by atoms with van der Waals surface area (Å²) in [5, 5.41) is 19.4. The zero-order chi connectivity index (χ0) is 18.1. The van der Waals surface area contributed by atoms with Crippen LogP contribution in [0.2, 0.25) is 0 Å². The number of aliphatic hydroxyl groups is 2. The second-order valence-corrected chi connectivity index (χ2v) is 6.08. The molecule has 4 N–H and O–H groups in total. The Labute approximate surface area is 149 Å². The number of aromatic nitrogens is 4. The van der Waals surface area contributed by atoms with Gasteiger partial charge in [0.2, 0.25) is 0 Å². The highest BCUT2D eigenvalue weighted by atomic mass is 16.6. The molecule has 0 saturated carbocycles. The van der Waals surface area contributed by atoms with Crippen molar-refractivity contribution in [2.45, 2.75) is 31.5 Å². The van der Waals surface area contributed by atoms with Gasteiger partial charge in [-0.25, -0.2) is 9.97 Å². The van der Waals surface area contributed by atoms with Crippen LogP contribution in [-0.4, -0.2) is 48.5 Å². The highest BCUT2D eigenvalue weighted by molar-refractivity contribution is 5.82. The molecule has 1 saturated heterocycles. The molecule has 136 valence electrons. The van der Waals surface area contributed by atoms with E-state index in [1.807, 2.05) is 30.3 Å². The Hall–Kier alpha value is -2.75. The second kappa shape index (κ2) is 6.87. The minimum atomic E-state index is -0.788. The molecule has 4 rings (SSSR count). The molecule has 1 fully saturated rings. The van der Waals surface area contributed by atoms with E-state index in [0.29, 0.717) is 17.8 Å². The minimum absolute atomic E-state index is 0.232. The number of fused-ring (bicyclic) bond motifs is 1. The van der Waals surface area contributed by atoms with Gasteiger partial charge in [0.15, 0.2) is 17.0 Å². The molecular weight excluding hydrogens is 338 g/mol. The first-order valence-corrected chi connectivity index (χ1v) is 8.27. The van der Waals surface area contributed by atoms with Crippen LogP contribution in [0.3, 0.4) is 0 Å². The van der Waals surface area contributed by atoms with Crippen molar-refractivity contribution in [1.82, 2.24) is 19.5 Å². The van der Waals surface area contributed by atoms with Crippen LogP contribution >= 0.6 is 0 Å². The maximum atomic E-state index is 10.1. The Morgan fingerprint density at radius 2 is 2.08 bits per heavy atom. The Morgan fingerprint density at radius 3 is 2.81 bits per heavy atom. The summed E-state index contributed by atoms with van der Waals surface area (Å²) < 4.78 is 13.3. The molecule has 2 aromatic heterocycles. The zero-order valence-electron chi connectivity index (χ0n) is 13.9. The Morgan fingerprint density at radius 1 is 1.27 bits per heavy atom. The lowest BCUT2D eigenvalue weighted by Gasteiger charge is -2.16. The quantitative estimate of drug-likeness (QED) is 0.606. The first-order chi connectivity index (χ1) is 12.7. The first kappa shape index (κ1) is 16.7. The molecule has 3 aromatic rings. The van der Waals surface area contributed by atoms with Crippen LogP contribution in [-0.2, 0) is 11.3 Å². The van der Waals surface area contributed by atoms with Crippen molar-refractivity contribution in [1.29, 1.82) is 0 Å². The second-order valence-electron chi connectivity index (χ2n) is 6.08. The fraction of sp³-hybridized carbons (Fsp3) is 0.353. The molecule has 9 heteroatoms. The summed E-state index contributed by atoms with van der Waals surface area (Å²) in [5.41, 5.74) is 7.75. The SMILES string of the molecule is Nc1ncnc2c1nc(OCc1ccccc1)n2[C@H]1C[C@H](O)[C@@H](CO)O1. The van der Waals surface area contributed by atoms with E-state index >= 15 is 0 Å². The van der Waals surface area contributed by atoms with E-state index in [2.05, 4.69) is 15.0 Å². The number of aliphatic hydroxyl groups excluding tert-OH is 2. The molecule has 1 aliphatic rings. The van der Waals surface area contributed by atoms with Gasteiger partial charge in [0, 0.05) is 6.42 Å². The largest absolute Gasteiger partial charge is 0.460 e. The third kappa shape index (κ3) is 2.96. The van der Waals surface area contributed by atoms with Gasteiger partial charge >= 0.3 is 6.01 Å². The lowest BCUT2D eigenvalue weighted by atomic mass is 10.2. The molecule has 1 aliphatic heterocycles. The number of ether oxygens (including phenoxy) is 2. The molecule has 0 spiro atoms. The average Bonchev–Trinajstić information content (AvgIpc) is 3.21. The fourth-order valence-corrected chi connectivity index (χ4v) is 3.03. The molecule has 0 radical (unpaired) electrons. The summed E-state index contributed by atoms with van der Waals surface area (Å²) in [5.74, 6) is 0.232. The van der Waals surface area contributed by atoms with E-state index in [9.17, 15) is 10.2 Å². The molecule has 3 heterocycles. The standard InChI is InChI=1S/C17H19N5O4/c18-15-14-16(20-9-19-15)22(13-6-11(24)12(7-23)26-13)17(21-14)25-8-10-4-2-1-3-5-10/h1-5,9,11-13,23-24H,6-8H2,(H2,18,19,20)/t11-,12+,13+/m0/s1. The number of hydrogen-bond acceptors (Lipinski definition) is 8. The number of nitrogens with zero attached hydrogens (tertiary/aromatic N) is 4. The van der Waals surface area contributed by atoms with Crippen LogP contribution in [0.4, 0.5) is 5.82 Å². The van der Waals surface area contributed by atoms with E-state index in [1.165, 1.54) is 6.33 Å². The average molecular weight is 357 g/mol. The van der Waals surface area contributed by atoms with Crippen LogP contribution in [0.25, 0.3) is 11.2 Å². The summed E-state index contributed by atoms with van der Waals surface area (Å²) in [7, 11) is 0. The summed E-state index contributed by atoms with van der Waals surface area (Å²) in [6.45, 7) is 0.0256. The molecule has 26 heavy (non-hydrogen) atoms. The Kier molecular flexibility index (Phi) is 4.41. The van der Waals surface area contributed by atoms with E-state index in [4.69, 9.17) is 15.2 Å². The van der Waals surface area contributed by atoms with Gasteiger partial charge < -0.3 is 25.4 Å². The van der Waals surface area contributed by atoms with Crippen molar-refractivity contribution in [2.75, 3.05) is 12.3 Å². The van der Waals surface area contributed by atoms with Gasteiger partial charge in [0.25, 0.3) is 0 Å². The summed E-state index contributed by atoms with van der Waals surface area (Å²) in [6, 6.07) is 9.93. The molecule has 0 aliphatic carbocycles. The minimum Gasteiger partial charge on any atom is -0.460 e. The number of anilines is 1. The maximum absolute atomic E-state index is 10.1. The lowest BCUT2D eigenvalue weighted by molar-refractivity contribution is -0.0456. The van der Waals surface area contributed by atoms with E-state index < -0.39 is 18.4 Å². The van der Waals surface area contributed by atoms with Crippen molar-refractivity contribution in [3.63, 3.8) is 0 Å². The predicted molar refractivity (Wildman–Crippen MR) is 92.1 cm³/mol. The topological polar surface area (TPSA) is 129 Å². The summed E-state index contributed by atoms with van der Waals surface area (Å²) in [6.07, 6.45) is -0.414. The highest BCUT2D eigenvalue weighted by Crippen LogP contribution is 2.35. The molecule has 0 unspecified atom stereocenters. The fourth-order valence-electron chi connectivity index (χ4n) is 3.03. The molecule has 0 amide bonds. The molecule has 3 atom stereocenters. The van der Waals surface area contributed by atoms with Gasteiger partial charge in [-0.05, 0) is 5.56 Å². The number of hydrogen-bond donors (Lipinski definition) is 3. The molecular formula is C17H19N5O4. The third-order valence-electron chi connectivity index (χ3n) is 4.36. The van der Waals surface area contributed by atoms with Crippen molar-refractivity contribution in [3.8, 4) is 6.01 Å². The lowest BCUT2D eigenvalue weighted by Crippen LogP contribution is -2.24. The van der Waals surface area contributed by atoms with Crippen molar-refractivity contribution < 1.29 is 19.7 Å². The first-order valence-electron chi connectivity index (χ1n) is 8.27. The Balaban J connectivity index is 1.71. The third-order valence-corrected chi connectivity index (χ3v) is 4.36. The molecule has 9 nitrogen and oxygen atoms in total. The zero-order valence-corrected chi connectivity index (χ0v) is 13.9. The van der Waals surface area contributed by atoms with E-state index in [1.54, 1.807) is 4.57 Å². The van der Waals surface area contributed by atoms with Crippen LogP contribution in [0.15, 0.2) is 36.7 Å². The van der Waals surface area contributed by atoms with Gasteiger partial charge in [0.1, 0.15) is 25.3 Å². The smallest absolute Gasteiger partial charge is 0.301 e. The van der Waals surface area contributed by atoms with Crippen molar-refractivity contribution in [2.24, 2.45) is 0 Å². The number of imidazole rings is 1. The van der Waals surface area contributed by atoms with Gasteiger partial charge in [-0.15, -0.1) is 0 Å². The molecule has 1 aromatic carbocycles. The summed E-state index contributed by atoms with van der Waals surface area (Å²) in [4.78, 5) is 12.6. The Bertz CT molecular complexity index is 901.